The van der Waals surface area contributed by atoms with Crippen LogP contribution in [-0.4, -0.2) is 36.7 Å². The summed E-state index contributed by atoms with van der Waals surface area (Å²) in [5.74, 6) is 0.299. The van der Waals surface area contributed by atoms with Gasteiger partial charge in [-0.15, -0.1) is 0 Å². The van der Waals surface area contributed by atoms with E-state index in [1.54, 1.807) is 12.3 Å². The molecule has 2 atom stereocenters. The van der Waals surface area contributed by atoms with E-state index in [1.165, 1.54) is 0 Å². The Morgan fingerprint density at radius 3 is 3.10 bits per heavy atom. The van der Waals surface area contributed by atoms with Crippen LogP contribution < -0.4 is 10.6 Å². The summed E-state index contributed by atoms with van der Waals surface area (Å²) in [6.45, 7) is 6.41. The Morgan fingerprint density at radius 2 is 2.35 bits per heavy atom. The van der Waals surface area contributed by atoms with Crippen molar-refractivity contribution in [2.75, 3.05) is 25.0 Å². The van der Waals surface area contributed by atoms with E-state index in [-0.39, 0.29) is 12.0 Å². The molecule has 0 bridgehead atoms. The van der Waals surface area contributed by atoms with Gasteiger partial charge in [0.2, 0.25) is 0 Å². The molecule has 1 aliphatic heterocycles. The number of carbonyl (C=O) groups excluding carboxylic acids is 1. The third-order valence-corrected chi connectivity index (χ3v) is 3.65. The monoisotopic (exact) mass is 277 g/mol. The van der Waals surface area contributed by atoms with E-state index in [4.69, 9.17) is 4.74 Å². The van der Waals surface area contributed by atoms with E-state index in [9.17, 15) is 4.79 Å². The first-order valence-corrected chi connectivity index (χ1v) is 7.34. The second-order valence-corrected chi connectivity index (χ2v) is 5.04. The maximum atomic E-state index is 12.1. The van der Waals surface area contributed by atoms with Crippen LogP contribution >= 0.6 is 0 Å². The minimum absolute atomic E-state index is 0.119. The molecule has 1 aliphatic rings. The maximum absolute atomic E-state index is 12.1. The molecule has 1 amide bonds. The number of ether oxygens (including phenoxy) is 1. The van der Waals surface area contributed by atoms with Crippen LogP contribution in [-0.2, 0) is 4.74 Å². The molecule has 2 heterocycles. The highest BCUT2D eigenvalue weighted by atomic mass is 16.5. The van der Waals surface area contributed by atoms with Gasteiger partial charge in [-0.05, 0) is 31.9 Å². The van der Waals surface area contributed by atoms with Gasteiger partial charge in [-0.2, -0.15) is 0 Å². The predicted octanol–water partition coefficient (Wildman–Crippen LogP) is 2.06. The van der Waals surface area contributed by atoms with Gasteiger partial charge in [-0.1, -0.05) is 6.92 Å². The largest absolute Gasteiger partial charge is 0.385 e. The molecular weight excluding hydrogens is 254 g/mol. The number of hydrogen-bond donors (Lipinski definition) is 2. The molecule has 2 rings (SSSR count). The first-order valence-electron chi connectivity index (χ1n) is 7.34. The minimum atomic E-state index is -0.119. The van der Waals surface area contributed by atoms with Crippen molar-refractivity contribution in [3.63, 3.8) is 0 Å². The van der Waals surface area contributed by atoms with E-state index < -0.39 is 0 Å². The molecule has 0 spiro atoms. The first-order chi connectivity index (χ1) is 9.74. The van der Waals surface area contributed by atoms with E-state index in [0.29, 0.717) is 18.2 Å². The molecule has 0 aromatic carbocycles. The molecule has 1 aromatic rings. The van der Waals surface area contributed by atoms with Crippen molar-refractivity contribution in [3.05, 3.63) is 24.0 Å². The Morgan fingerprint density at radius 1 is 1.50 bits per heavy atom. The van der Waals surface area contributed by atoms with E-state index >= 15 is 0 Å². The number of hydrogen-bond acceptors (Lipinski definition) is 4. The van der Waals surface area contributed by atoms with E-state index in [0.717, 1.165) is 31.7 Å². The average molecular weight is 277 g/mol. The van der Waals surface area contributed by atoms with Crippen molar-refractivity contribution < 1.29 is 9.53 Å². The molecule has 0 saturated carbocycles. The van der Waals surface area contributed by atoms with Gasteiger partial charge in [0.15, 0.2) is 0 Å². The second kappa shape index (κ2) is 7.24. The Bertz CT molecular complexity index is 450. The Kier molecular flexibility index (Phi) is 5.35. The van der Waals surface area contributed by atoms with Crippen molar-refractivity contribution in [1.82, 2.24) is 10.3 Å². The van der Waals surface area contributed by atoms with Crippen LogP contribution in [0.5, 0.6) is 0 Å². The predicted molar refractivity (Wildman–Crippen MR) is 78.9 cm³/mol. The molecule has 5 heteroatoms. The highest BCUT2D eigenvalue weighted by Crippen LogP contribution is 2.22. The van der Waals surface area contributed by atoms with Gasteiger partial charge < -0.3 is 15.4 Å². The van der Waals surface area contributed by atoms with Crippen molar-refractivity contribution in [1.29, 1.82) is 0 Å². The van der Waals surface area contributed by atoms with Crippen LogP contribution in [0.15, 0.2) is 18.3 Å². The molecule has 0 radical (unpaired) electrons. The summed E-state index contributed by atoms with van der Waals surface area (Å²) in [5.41, 5.74) is 1.37. The van der Waals surface area contributed by atoms with Gasteiger partial charge in [-0.3, -0.25) is 9.78 Å². The smallest absolute Gasteiger partial charge is 0.269 e. The van der Waals surface area contributed by atoms with Crippen molar-refractivity contribution in [2.24, 2.45) is 5.92 Å². The van der Waals surface area contributed by atoms with Gasteiger partial charge in [-0.25, -0.2) is 0 Å². The van der Waals surface area contributed by atoms with Crippen LogP contribution in [0.25, 0.3) is 0 Å². The van der Waals surface area contributed by atoms with Crippen LogP contribution in [0.1, 0.15) is 37.2 Å². The van der Waals surface area contributed by atoms with Gasteiger partial charge in [0.05, 0.1) is 6.10 Å². The minimum Gasteiger partial charge on any atom is -0.385 e. The fraction of sp³-hybridized carbons (Fsp3) is 0.600. The molecule has 1 saturated heterocycles. The van der Waals surface area contributed by atoms with Crippen LogP contribution in [0.4, 0.5) is 5.69 Å². The molecule has 2 N–H and O–H groups in total. The standard InChI is InChI=1S/C15H23N3O2/c1-3-14-11(6-8-20-14)10-18-15(19)13-9-12(16-4-2)5-7-17-13/h5,7,9,11,14H,3-4,6,8,10H2,1-2H3,(H,16,17)(H,18,19). The quantitative estimate of drug-likeness (QED) is 0.835. The molecule has 1 aromatic heterocycles. The fourth-order valence-electron chi connectivity index (χ4n) is 2.56. The van der Waals surface area contributed by atoms with Crippen molar-refractivity contribution in [2.45, 2.75) is 32.8 Å². The molecule has 20 heavy (non-hydrogen) atoms. The van der Waals surface area contributed by atoms with Gasteiger partial charge in [0, 0.05) is 37.5 Å². The second-order valence-electron chi connectivity index (χ2n) is 5.04. The molecule has 5 nitrogen and oxygen atoms in total. The Hall–Kier alpha value is -1.62. The number of anilines is 1. The molecule has 110 valence electrons. The highest BCUT2D eigenvalue weighted by Gasteiger charge is 2.27. The molecule has 2 unspecified atom stereocenters. The maximum Gasteiger partial charge on any atom is 0.269 e. The number of aromatic nitrogens is 1. The fourth-order valence-corrected chi connectivity index (χ4v) is 2.56. The van der Waals surface area contributed by atoms with E-state index in [1.807, 2.05) is 13.0 Å². The lowest BCUT2D eigenvalue weighted by Gasteiger charge is -2.17. The van der Waals surface area contributed by atoms with Gasteiger partial charge in [0.25, 0.3) is 5.91 Å². The summed E-state index contributed by atoms with van der Waals surface area (Å²) in [5, 5.41) is 6.14. The number of nitrogens with one attached hydrogen (secondary N) is 2. The lowest BCUT2D eigenvalue weighted by Crippen LogP contribution is -2.33. The average Bonchev–Trinajstić information content (AvgIpc) is 2.93. The molecule has 1 fully saturated rings. The van der Waals surface area contributed by atoms with Crippen molar-refractivity contribution >= 4 is 11.6 Å². The normalized spacial score (nSPS) is 21.7. The zero-order valence-corrected chi connectivity index (χ0v) is 12.2. The third-order valence-electron chi connectivity index (χ3n) is 3.65. The summed E-state index contributed by atoms with van der Waals surface area (Å²) in [4.78, 5) is 16.2. The first kappa shape index (κ1) is 14.8. The third kappa shape index (κ3) is 3.70. The Labute approximate surface area is 120 Å². The van der Waals surface area contributed by atoms with Crippen LogP contribution in [0.2, 0.25) is 0 Å². The number of pyridine rings is 1. The van der Waals surface area contributed by atoms with Crippen molar-refractivity contribution in [3.8, 4) is 0 Å². The number of rotatable bonds is 6. The van der Waals surface area contributed by atoms with Crippen LogP contribution in [0, 0.1) is 5.92 Å². The zero-order valence-electron chi connectivity index (χ0n) is 12.2. The van der Waals surface area contributed by atoms with Crippen LogP contribution in [0.3, 0.4) is 0 Å². The number of nitrogens with zero attached hydrogens (tertiary/aromatic N) is 1. The zero-order chi connectivity index (χ0) is 14.4. The summed E-state index contributed by atoms with van der Waals surface area (Å²) in [6.07, 6.45) is 3.94. The number of amides is 1. The molecule has 0 aliphatic carbocycles. The summed E-state index contributed by atoms with van der Waals surface area (Å²) >= 11 is 0. The SMILES string of the molecule is CCNc1ccnc(C(=O)NCC2CCOC2CC)c1. The number of carbonyl (C=O) groups is 1. The lowest BCUT2D eigenvalue weighted by atomic mass is 10.00. The topological polar surface area (TPSA) is 63.2 Å². The lowest BCUT2D eigenvalue weighted by molar-refractivity contribution is 0.0825. The van der Waals surface area contributed by atoms with E-state index in [2.05, 4.69) is 22.5 Å². The Balaban J connectivity index is 1.89. The van der Waals surface area contributed by atoms with Gasteiger partial charge >= 0.3 is 0 Å². The summed E-state index contributed by atoms with van der Waals surface area (Å²) < 4.78 is 5.63. The van der Waals surface area contributed by atoms with Gasteiger partial charge in [0.1, 0.15) is 5.69 Å². The summed E-state index contributed by atoms with van der Waals surface area (Å²) in [7, 11) is 0. The summed E-state index contributed by atoms with van der Waals surface area (Å²) in [6, 6.07) is 3.64. The molecular formula is C15H23N3O2. The highest BCUT2D eigenvalue weighted by molar-refractivity contribution is 5.93.